The summed E-state index contributed by atoms with van der Waals surface area (Å²) in [4.78, 5) is 13.6. The van der Waals surface area contributed by atoms with Crippen molar-refractivity contribution in [3.63, 3.8) is 0 Å². The molecule has 134 valence electrons. The molecule has 5 atom stereocenters. The van der Waals surface area contributed by atoms with Crippen LogP contribution >= 0.6 is 0 Å². The molecule has 1 aromatic rings. The molecule has 3 nitrogen and oxygen atoms in total. The van der Waals surface area contributed by atoms with Crippen molar-refractivity contribution in [3.8, 4) is 0 Å². The van der Waals surface area contributed by atoms with Crippen LogP contribution in [0.4, 0.5) is 17.6 Å². The zero-order chi connectivity index (χ0) is 17.9. The smallest absolute Gasteiger partial charge is 0.253 e. The lowest BCUT2D eigenvalue weighted by molar-refractivity contribution is -0.00571. The molecule has 1 aliphatic carbocycles. The van der Waals surface area contributed by atoms with E-state index in [-0.39, 0.29) is 11.5 Å². The molecule has 24 heavy (non-hydrogen) atoms. The maximum atomic E-state index is 14.0. The SMILES string of the molecule is COCCN(C)C(=O)c1ccc(C2[C@@H](F)[C@@H](F)C[C@@H](F)[C@H]2F)cc1. The molecule has 1 fully saturated rings. The zero-order valence-electron chi connectivity index (χ0n) is 13.6. The quantitative estimate of drug-likeness (QED) is 0.766. The highest BCUT2D eigenvalue weighted by molar-refractivity contribution is 5.94. The molecular formula is C17H21F4NO2. The first kappa shape index (κ1) is 18.7. The van der Waals surface area contributed by atoms with E-state index in [1.165, 1.54) is 36.3 Å². The molecule has 1 aliphatic rings. The molecule has 1 amide bonds. The van der Waals surface area contributed by atoms with Crippen LogP contribution in [0.15, 0.2) is 24.3 Å². The number of ether oxygens (including phenoxy) is 1. The molecule has 2 rings (SSSR count). The Morgan fingerprint density at radius 2 is 1.67 bits per heavy atom. The number of likely N-dealkylation sites (N-methyl/N-ethyl adjacent to an activating group) is 1. The van der Waals surface area contributed by atoms with Crippen molar-refractivity contribution < 1.29 is 27.1 Å². The number of halogens is 4. The lowest BCUT2D eigenvalue weighted by Gasteiger charge is -2.34. The summed E-state index contributed by atoms with van der Waals surface area (Å²) in [5, 5.41) is 0. The minimum absolute atomic E-state index is 0.149. The number of nitrogens with zero attached hydrogens (tertiary/aromatic N) is 1. The van der Waals surface area contributed by atoms with Gasteiger partial charge in [0.15, 0.2) is 0 Å². The van der Waals surface area contributed by atoms with Gasteiger partial charge in [-0.1, -0.05) is 12.1 Å². The second kappa shape index (κ2) is 7.96. The van der Waals surface area contributed by atoms with E-state index >= 15 is 0 Å². The first-order chi connectivity index (χ1) is 11.4. The Bertz CT molecular complexity index is 540. The molecule has 0 spiro atoms. The van der Waals surface area contributed by atoms with Crippen LogP contribution in [0.2, 0.25) is 0 Å². The molecule has 0 radical (unpaired) electrons. The van der Waals surface area contributed by atoms with E-state index in [1.54, 1.807) is 7.05 Å². The summed E-state index contributed by atoms with van der Waals surface area (Å²) in [5.41, 5.74) is 0.476. The second-order valence-electron chi connectivity index (χ2n) is 6.02. The van der Waals surface area contributed by atoms with Crippen molar-refractivity contribution in [1.82, 2.24) is 4.90 Å². The summed E-state index contributed by atoms with van der Waals surface area (Å²) < 4.78 is 59.9. The lowest BCUT2D eigenvalue weighted by Crippen LogP contribution is -2.43. The fourth-order valence-corrected chi connectivity index (χ4v) is 2.87. The average Bonchev–Trinajstić information content (AvgIpc) is 2.58. The maximum Gasteiger partial charge on any atom is 0.253 e. The molecule has 0 aromatic heterocycles. The maximum absolute atomic E-state index is 14.0. The number of amides is 1. The topological polar surface area (TPSA) is 29.5 Å². The Kier molecular flexibility index (Phi) is 6.21. The van der Waals surface area contributed by atoms with Crippen LogP contribution in [0.1, 0.15) is 28.3 Å². The Balaban J connectivity index is 2.15. The molecule has 1 saturated carbocycles. The van der Waals surface area contributed by atoms with E-state index in [0.29, 0.717) is 18.7 Å². The summed E-state index contributed by atoms with van der Waals surface area (Å²) >= 11 is 0. The fourth-order valence-electron chi connectivity index (χ4n) is 2.87. The molecular weight excluding hydrogens is 326 g/mol. The third-order valence-corrected chi connectivity index (χ3v) is 4.35. The number of methoxy groups -OCH3 is 1. The Morgan fingerprint density at radius 1 is 1.12 bits per heavy atom. The number of benzene rings is 1. The molecule has 7 heteroatoms. The standard InChI is InChI=1S/C17H21F4NO2/c1-22(7-8-24-2)17(23)11-5-3-10(4-6-11)14-15(20)12(18)9-13(19)16(14)21/h3-6,12-16H,7-9H2,1-2H3/t12-,13+,14?,15-,16+. The van der Waals surface area contributed by atoms with Gasteiger partial charge in [0.05, 0.1) is 12.5 Å². The van der Waals surface area contributed by atoms with Crippen LogP contribution in [0, 0.1) is 0 Å². The Morgan fingerprint density at radius 3 is 2.17 bits per heavy atom. The van der Waals surface area contributed by atoms with Gasteiger partial charge in [-0.25, -0.2) is 17.6 Å². The second-order valence-corrected chi connectivity index (χ2v) is 6.02. The van der Waals surface area contributed by atoms with Gasteiger partial charge in [0.25, 0.3) is 5.91 Å². The zero-order valence-corrected chi connectivity index (χ0v) is 13.6. The van der Waals surface area contributed by atoms with Gasteiger partial charge in [0.2, 0.25) is 0 Å². The van der Waals surface area contributed by atoms with Crippen LogP contribution in [-0.2, 0) is 4.74 Å². The van der Waals surface area contributed by atoms with E-state index in [1.807, 2.05) is 0 Å². The molecule has 1 unspecified atom stereocenters. The molecule has 0 heterocycles. The third kappa shape index (κ3) is 3.88. The van der Waals surface area contributed by atoms with Crippen molar-refractivity contribution in [1.29, 1.82) is 0 Å². The number of rotatable bonds is 5. The fraction of sp³-hybridized carbons (Fsp3) is 0.588. The van der Waals surface area contributed by atoms with E-state index in [9.17, 15) is 22.4 Å². The van der Waals surface area contributed by atoms with Crippen molar-refractivity contribution in [2.24, 2.45) is 0 Å². The van der Waals surface area contributed by atoms with Crippen molar-refractivity contribution >= 4 is 5.91 Å². The van der Waals surface area contributed by atoms with Gasteiger partial charge in [-0.15, -0.1) is 0 Å². The third-order valence-electron chi connectivity index (χ3n) is 4.35. The van der Waals surface area contributed by atoms with Gasteiger partial charge in [-0.2, -0.15) is 0 Å². The van der Waals surface area contributed by atoms with Gasteiger partial charge < -0.3 is 9.64 Å². The number of hydrogen-bond donors (Lipinski definition) is 0. The predicted octanol–water partition coefficient (Wildman–Crippen LogP) is 3.24. The van der Waals surface area contributed by atoms with Crippen LogP contribution in [0.5, 0.6) is 0 Å². The lowest BCUT2D eigenvalue weighted by atomic mass is 9.79. The van der Waals surface area contributed by atoms with Gasteiger partial charge >= 0.3 is 0 Å². The first-order valence-corrected chi connectivity index (χ1v) is 7.77. The summed E-state index contributed by atoms with van der Waals surface area (Å²) in [6.45, 7) is 0.775. The average molecular weight is 347 g/mol. The normalized spacial score (nSPS) is 30.2. The molecule has 0 aliphatic heterocycles. The number of alkyl halides is 4. The summed E-state index contributed by atoms with van der Waals surface area (Å²) in [6, 6.07) is 5.53. The molecule has 1 aromatic carbocycles. The largest absolute Gasteiger partial charge is 0.383 e. The van der Waals surface area contributed by atoms with Crippen LogP contribution in [0.25, 0.3) is 0 Å². The van der Waals surface area contributed by atoms with E-state index in [0.717, 1.165) is 0 Å². The minimum Gasteiger partial charge on any atom is -0.383 e. The van der Waals surface area contributed by atoms with Crippen LogP contribution in [0.3, 0.4) is 0 Å². The molecule has 0 saturated heterocycles. The minimum atomic E-state index is -2.10. The summed E-state index contributed by atoms with van der Waals surface area (Å²) in [7, 11) is 3.13. The number of carbonyl (C=O) groups is 1. The van der Waals surface area contributed by atoms with E-state index in [4.69, 9.17) is 4.74 Å². The number of carbonyl (C=O) groups excluding carboxylic acids is 1. The van der Waals surface area contributed by atoms with Gasteiger partial charge in [-0.05, 0) is 17.7 Å². The number of hydrogen-bond acceptors (Lipinski definition) is 2. The van der Waals surface area contributed by atoms with Crippen molar-refractivity contribution in [2.45, 2.75) is 37.0 Å². The predicted molar refractivity (Wildman–Crippen MR) is 82.2 cm³/mol. The molecule has 0 bridgehead atoms. The van der Waals surface area contributed by atoms with E-state index in [2.05, 4.69) is 0 Å². The van der Waals surface area contributed by atoms with Gasteiger partial charge in [0.1, 0.15) is 24.7 Å². The summed E-state index contributed by atoms with van der Waals surface area (Å²) in [5.74, 6) is -1.78. The first-order valence-electron chi connectivity index (χ1n) is 7.77. The van der Waals surface area contributed by atoms with E-state index < -0.39 is 37.0 Å². The Hall–Kier alpha value is -1.63. The highest BCUT2D eigenvalue weighted by atomic mass is 19.2. The van der Waals surface area contributed by atoms with Crippen molar-refractivity contribution in [3.05, 3.63) is 35.4 Å². The monoisotopic (exact) mass is 347 g/mol. The van der Waals surface area contributed by atoms with Crippen LogP contribution < -0.4 is 0 Å². The highest BCUT2D eigenvalue weighted by Gasteiger charge is 2.47. The van der Waals surface area contributed by atoms with Crippen LogP contribution in [-0.4, -0.2) is 62.8 Å². The van der Waals surface area contributed by atoms with Gasteiger partial charge in [0, 0.05) is 32.7 Å². The summed E-state index contributed by atoms with van der Waals surface area (Å²) in [6.07, 6.45) is -9.02. The highest BCUT2D eigenvalue weighted by Crippen LogP contribution is 2.40. The van der Waals surface area contributed by atoms with Crippen molar-refractivity contribution in [2.75, 3.05) is 27.3 Å². The molecule has 0 N–H and O–H groups in total. The van der Waals surface area contributed by atoms with Gasteiger partial charge in [-0.3, -0.25) is 4.79 Å². The Labute approximate surface area is 138 Å².